The highest BCUT2D eigenvalue weighted by atomic mass is 35.5. The number of benzene rings is 2. The smallest absolute Gasteiger partial charge is 0.471 e. The number of hydrogen-bond acceptors (Lipinski definition) is 5. The number of sulfone groups is 1. The van der Waals surface area contributed by atoms with Crippen LogP contribution in [0.3, 0.4) is 0 Å². The minimum atomic E-state index is -4.98. The fourth-order valence-corrected chi connectivity index (χ4v) is 4.14. The number of rotatable bonds is 8. The van der Waals surface area contributed by atoms with Crippen LogP contribution >= 0.6 is 11.6 Å². The van der Waals surface area contributed by atoms with Gasteiger partial charge in [0.05, 0.1) is 14.8 Å². The fraction of sp³-hybridized carbons (Fsp3) is 0.263. The van der Waals surface area contributed by atoms with E-state index in [-0.39, 0.29) is 27.0 Å². The second-order valence-corrected chi connectivity index (χ2v) is 8.86. The van der Waals surface area contributed by atoms with E-state index in [2.05, 4.69) is 0 Å². The molecule has 1 amide bonds. The summed E-state index contributed by atoms with van der Waals surface area (Å²) in [5.41, 5.74) is 0.518. The maximum atomic E-state index is 12.8. The van der Waals surface area contributed by atoms with Crippen molar-refractivity contribution in [3.63, 3.8) is 0 Å². The summed E-state index contributed by atoms with van der Waals surface area (Å²) in [6, 6.07) is 8.16. The van der Waals surface area contributed by atoms with E-state index in [1.165, 1.54) is 43.3 Å². The molecule has 31 heavy (non-hydrogen) atoms. The monoisotopic (exact) mass is 479 g/mol. The first-order chi connectivity index (χ1) is 14.3. The van der Waals surface area contributed by atoms with E-state index in [9.17, 15) is 31.2 Å². The molecule has 2 rings (SSSR count). The summed E-state index contributed by atoms with van der Waals surface area (Å²) in [5.74, 6) is -3.26. The average molecular weight is 480 g/mol. The summed E-state index contributed by atoms with van der Waals surface area (Å²) in [4.78, 5) is 21.3. The topological polar surface area (TPSA) is 110 Å². The minimum absolute atomic E-state index is 0.00764. The van der Waals surface area contributed by atoms with Gasteiger partial charge in [0.25, 0.3) is 0 Å². The van der Waals surface area contributed by atoms with Crippen LogP contribution in [0.15, 0.2) is 52.3 Å². The number of nitrogens with one attached hydrogen (secondary N) is 1. The number of amides is 1. The molecule has 168 valence electrons. The van der Waals surface area contributed by atoms with Crippen molar-refractivity contribution in [3.05, 3.63) is 53.1 Å². The Morgan fingerprint density at radius 2 is 1.71 bits per heavy atom. The minimum Gasteiger partial charge on any atom is -0.480 e. The number of halogens is 4. The van der Waals surface area contributed by atoms with Gasteiger partial charge < -0.3 is 15.2 Å². The first kappa shape index (κ1) is 24.5. The Kier molecular flexibility index (Phi) is 7.55. The van der Waals surface area contributed by atoms with Crippen LogP contribution in [0.4, 0.5) is 13.2 Å². The van der Waals surface area contributed by atoms with Crippen molar-refractivity contribution in [2.75, 3.05) is 6.61 Å². The van der Waals surface area contributed by atoms with Gasteiger partial charge in [-0.25, -0.2) is 13.2 Å². The first-order valence-electron chi connectivity index (χ1n) is 8.66. The molecule has 0 bridgehead atoms. The number of carbonyl (C=O) groups excluding carboxylic acids is 1. The largest absolute Gasteiger partial charge is 0.480 e. The van der Waals surface area contributed by atoms with Crippen LogP contribution in [0, 0.1) is 0 Å². The van der Waals surface area contributed by atoms with Gasteiger partial charge in [0.15, 0.2) is 6.61 Å². The number of carboxylic acid groups (broad SMARTS) is 1. The Morgan fingerprint density at radius 1 is 1.13 bits per heavy atom. The Hall–Kier alpha value is -2.79. The first-order valence-corrected chi connectivity index (χ1v) is 10.5. The van der Waals surface area contributed by atoms with Crippen molar-refractivity contribution < 1.29 is 41.0 Å². The molecule has 0 heterocycles. The van der Waals surface area contributed by atoms with Gasteiger partial charge in [-0.1, -0.05) is 23.7 Å². The number of carboxylic acids is 1. The molecule has 0 saturated heterocycles. The van der Waals surface area contributed by atoms with Crippen molar-refractivity contribution in [3.8, 4) is 5.75 Å². The zero-order valence-corrected chi connectivity index (χ0v) is 17.5. The molecule has 0 spiro atoms. The third-order valence-electron chi connectivity index (χ3n) is 3.98. The quantitative estimate of drug-likeness (QED) is 0.601. The highest BCUT2D eigenvalue weighted by Gasteiger charge is 2.39. The van der Waals surface area contributed by atoms with Crippen molar-refractivity contribution >= 4 is 33.3 Å². The third kappa shape index (κ3) is 6.59. The summed E-state index contributed by atoms with van der Waals surface area (Å²) in [6.07, 6.45) is -4.93. The molecule has 12 heteroatoms. The van der Waals surface area contributed by atoms with Crippen LogP contribution < -0.4 is 10.1 Å². The molecular formula is C19H17ClF3NO6S. The maximum absolute atomic E-state index is 12.8. The number of alkyl halides is 3. The van der Waals surface area contributed by atoms with Crippen LogP contribution in [0.5, 0.6) is 5.75 Å². The molecular weight excluding hydrogens is 463 g/mol. The van der Waals surface area contributed by atoms with Gasteiger partial charge in [-0.2, -0.15) is 13.2 Å². The molecule has 0 aliphatic carbocycles. The number of hydrogen-bond donors (Lipinski definition) is 2. The summed E-state index contributed by atoms with van der Waals surface area (Å²) in [5, 5.41) is 10.4. The van der Waals surface area contributed by atoms with Gasteiger partial charge in [-0.05, 0) is 49.2 Å². The van der Waals surface area contributed by atoms with Gasteiger partial charge in [-0.3, -0.25) is 4.79 Å². The van der Waals surface area contributed by atoms with Crippen molar-refractivity contribution in [2.45, 2.75) is 35.4 Å². The van der Waals surface area contributed by atoms with E-state index in [1.54, 1.807) is 0 Å². The van der Waals surface area contributed by atoms with Gasteiger partial charge in [0.1, 0.15) is 5.75 Å². The van der Waals surface area contributed by atoms with Gasteiger partial charge in [0.2, 0.25) is 9.84 Å². The molecule has 0 unspecified atom stereocenters. The molecule has 0 aliphatic rings. The third-order valence-corrected chi connectivity index (χ3v) is 6.04. The molecule has 2 aromatic carbocycles. The lowest BCUT2D eigenvalue weighted by Crippen LogP contribution is -2.42. The number of ether oxygens (including phenoxy) is 1. The Labute approximate surface area is 180 Å². The maximum Gasteiger partial charge on any atom is 0.471 e. The molecule has 1 atom stereocenters. The van der Waals surface area contributed by atoms with Crippen LogP contribution in [-0.4, -0.2) is 44.2 Å². The summed E-state index contributed by atoms with van der Waals surface area (Å²) < 4.78 is 67.4. The zero-order valence-electron chi connectivity index (χ0n) is 15.9. The second-order valence-electron chi connectivity index (χ2n) is 6.50. The summed E-state index contributed by atoms with van der Waals surface area (Å²) in [7, 11) is -3.97. The van der Waals surface area contributed by atoms with E-state index in [4.69, 9.17) is 21.4 Å². The van der Waals surface area contributed by atoms with Gasteiger partial charge >= 0.3 is 18.1 Å². The van der Waals surface area contributed by atoms with Crippen molar-refractivity contribution in [1.29, 1.82) is 0 Å². The summed E-state index contributed by atoms with van der Waals surface area (Å²) in [6.45, 7) is 0.749. The average Bonchev–Trinajstić information content (AvgIpc) is 2.66. The molecule has 0 fully saturated rings. The molecule has 0 aliphatic heterocycles. The highest BCUT2D eigenvalue weighted by molar-refractivity contribution is 7.91. The van der Waals surface area contributed by atoms with Crippen molar-refractivity contribution in [2.24, 2.45) is 0 Å². The highest BCUT2D eigenvalue weighted by Crippen LogP contribution is 2.30. The van der Waals surface area contributed by atoms with Crippen LogP contribution in [0.25, 0.3) is 0 Å². The van der Waals surface area contributed by atoms with E-state index in [0.717, 1.165) is 6.07 Å². The normalized spacial score (nSPS) is 12.8. The molecule has 0 aromatic heterocycles. The van der Waals surface area contributed by atoms with Crippen LogP contribution in [0.2, 0.25) is 5.02 Å². The number of aliphatic carboxylic acids is 1. The van der Waals surface area contributed by atoms with Crippen LogP contribution in [0.1, 0.15) is 12.5 Å². The Balaban J connectivity index is 2.13. The van der Waals surface area contributed by atoms with E-state index in [0.29, 0.717) is 5.56 Å². The van der Waals surface area contributed by atoms with E-state index in [1.807, 2.05) is 5.32 Å². The lowest BCUT2D eigenvalue weighted by atomic mass is 10.1. The molecule has 2 N–H and O–H groups in total. The SMILES string of the molecule is C[C@H](Cc1ccc(S(=O)(=O)c2ccc(OCC(=O)O)c(Cl)c2)cc1)NC(=O)C(F)(F)F. The van der Waals surface area contributed by atoms with E-state index < -0.39 is 40.5 Å². The second kappa shape index (κ2) is 9.56. The van der Waals surface area contributed by atoms with Crippen LogP contribution in [-0.2, 0) is 25.8 Å². The molecule has 7 nitrogen and oxygen atoms in total. The molecule has 0 radical (unpaired) electrons. The summed E-state index contributed by atoms with van der Waals surface area (Å²) >= 11 is 5.97. The van der Waals surface area contributed by atoms with Gasteiger partial charge in [-0.15, -0.1) is 0 Å². The predicted molar refractivity (Wildman–Crippen MR) is 104 cm³/mol. The fourth-order valence-electron chi connectivity index (χ4n) is 2.56. The Bertz CT molecular complexity index is 1070. The lowest BCUT2D eigenvalue weighted by Gasteiger charge is -2.15. The molecule has 0 saturated carbocycles. The number of carbonyl (C=O) groups is 2. The zero-order chi connectivity index (χ0) is 23.4. The standard InChI is InChI=1S/C19H17ClF3NO6S/c1-11(24-18(27)19(21,22)23)8-12-2-4-13(5-3-12)31(28,29)14-6-7-16(15(20)9-14)30-10-17(25)26/h2-7,9,11H,8,10H2,1H3,(H,24,27)(H,25,26)/t11-/m1/s1. The predicted octanol–water partition coefficient (Wildman–Crippen LogP) is 3.25. The van der Waals surface area contributed by atoms with Crippen molar-refractivity contribution in [1.82, 2.24) is 5.32 Å². The lowest BCUT2D eigenvalue weighted by molar-refractivity contribution is -0.174. The van der Waals surface area contributed by atoms with Gasteiger partial charge in [0, 0.05) is 6.04 Å². The van der Waals surface area contributed by atoms with E-state index >= 15 is 0 Å². The Morgan fingerprint density at radius 3 is 2.23 bits per heavy atom. The molecule has 2 aromatic rings.